The predicted molar refractivity (Wildman–Crippen MR) is 92.6 cm³/mol. The summed E-state index contributed by atoms with van der Waals surface area (Å²) in [5.41, 5.74) is 1.70. The van der Waals surface area contributed by atoms with Gasteiger partial charge in [0.25, 0.3) is 5.91 Å². The van der Waals surface area contributed by atoms with E-state index >= 15 is 0 Å². The second-order valence-electron chi connectivity index (χ2n) is 5.04. The van der Waals surface area contributed by atoms with Crippen molar-refractivity contribution < 1.29 is 17.9 Å². The highest BCUT2D eigenvalue weighted by Crippen LogP contribution is 2.20. The van der Waals surface area contributed by atoms with Crippen LogP contribution >= 0.6 is 15.9 Å². The van der Waals surface area contributed by atoms with Crippen LogP contribution in [0.5, 0.6) is 5.75 Å². The average molecular weight is 398 g/mol. The Kier molecular flexibility index (Phi) is 5.43. The van der Waals surface area contributed by atoms with Gasteiger partial charge >= 0.3 is 0 Å². The molecule has 0 saturated carbocycles. The number of ether oxygens (including phenoxy) is 1. The van der Waals surface area contributed by atoms with Gasteiger partial charge in [0.05, 0.1) is 4.90 Å². The number of hydrogen-bond acceptors (Lipinski definition) is 4. The van der Waals surface area contributed by atoms with Crippen LogP contribution < -0.4 is 10.1 Å². The molecule has 2 aromatic rings. The normalized spacial score (nSPS) is 11.1. The van der Waals surface area contributed by atoms with Crippen molar-refractivity contribution in [1.82, 2.24) is 0 Å². The summed E-state index contributed by atoms with van der Waals surface area (Å²) in [5, 5.41) is 2.74. The monoisotopic (exact) mass is 397 g/mol. The van der Waals surface area contributed by atoms with E-state index in [-0.39, 0.29) is 17.4 Å². The SMILES string of the molecule is Cc1cc(NC(=O)COc2ccc(S(C)(=O)=O)cc2)ccc1Br. The highest BCUT2D eigenvalue weighted by molar-refractivity contribution is 9.10. The van der Waals surface area contributed by atoms with Crippen LogP contribution in [0.3, 0.4) is 0 Å². The second-order valence-corrected chi connectivity index (χ2v) is 7.91. The van der Waals surface area contributed by atoms with Gasteiger partial charge in [-0.3, -0.25) is 4.79 Å². The Hall–Kier alpha value is -1.86. The Morgan fingerprint density at radius 3 is 2.39 bits per heavy atom. The van der Waals surface area contributed by atoms with Crippen LogP contribution in [0, 0.1) is 6.92 Å². The first-order chi connectivity index (χ1) is 10.8. The zero-order valence-corrected chi connectivity index (χ0v) is 15.1. The highest BCUT2D eigenvalue weighted by Gasteiger charge is 2.08. The highest BCUT2D eigenvalue weighted by atomic mass is 79.9. The Bertz CT molecular complexity index is 816. The van der Waals surface area contributed by atoms with Gasteiger partial charge in [-0.2, -0.15) is 0 Å². The van der Waals surface area contributed by atoms with E-state index in [4.69, 9.17) is 4.74 Å². The minimum atomic E-state index is -3.24. The van der Waals surface area contributed by atoms with Gasteiger partial charge in [-0.05, 0) is 55.0 Å². The molecule has 1 N–H and O–H groups in total. The van der Waals surface area contributed by atoms with E-state index in [1.807, 2.05) is 19.1 Å². The summed E-state index contributed by atoms with van der Waals surface area (Å²) < 4.78 is 29.0. The Labute approximate surface area is 143 Å². The average Bonchev–Trinajstić information content (AvgIpc) is 2.48. The molecule has 0 aromatic heterocycles. The van der Waals surface area contributed by atoms with Gasteiger partial charge in [-0.25, -0.2) is 8.42 Å². The van der Waals surface area contributed by atoms with Crippen LogP contribution in [0.15, 0.2) is 51.8 Å². The molecule has 2 rings (SSSR count). The molecule has 7 heteroatoms. The molecule has 0 fully saturated rings. The third-order valence-corrected chi connectivity index (χ3v) is 5.08. The topological polar surface area (TPSA) is 72.5 Å². The number of carbonyl (C=O) groups excluding carboxylic acids is 1. The molecular weight excluding hydrogens is 382 g/mol. The summed E-state index contributed by atoms with van der Waals surface area (Å²) in [6, 6.07) is 11.4. The van der Waals surface area contributed by atoms with Crippen molar-refractivity contribution in [3.05, 3.63) is 52.5 Å². The van der Waals surface area contributed by atoms with Gasteiger partial charge < -0.3 is 10.1 Å². The molecule has 0 aliphatic heterocycles. The molecule has 23 heavy (non-hydrogen) atoms. The molecule has 1 amide bonds. The summed E-state index contributed by atoms with van der Waals surface area (Å²) in [6.45, 7) is 1.77. The lowest BCUT2D eigenvalue weighted by molar-refractivity contribution is -0.118. The zero-order valence-electron chi connectivity index (χ0n) is 12.7. The number of hydrogen-bond donors (Lipinski definition) is 1. The van der Waals surface area contributed by atoms with Crippen LogP contribution in [-0.4, -0.2) is 27.2 Å². The standard InChI is InChI=1S/C16H16BrNO4S/c1-11-9-12(3-8-15(11)17)18-16(19)10-22-13-4-6-14(7-5-13)23(2,20)21/h3-9H,10H2,1-2H3,(H,18,19). The van der Waals surface area contributed by atoms with E-state index in [2.05, 4.69) is 21.2 Å². The van der Waals surface area contributed by atoms with E-state index in [9.17, 15) is 13.2 Å². The second kappa shape index (κ2) is 7.14. The molecule has 0 radical (unpaired) electrons. The van der Waals surface area contributed by atoms with Crippen molar-refractivity contribution in [3.8, 4) is 5.75 Å². The third-order valence-electron chi connectivity index (χ3n) is 3.06. The van der Waals surface area contributed by atoms with Crippen LogP contribution in [0.25, 0.3) is 0 Å². The number of halogens is 1. The minimum Gasteiger partial charge on any atom is -0.484 e. The van der Waals surface area contributed by atoms with Crippen LogP contribution in [0.2, 0.25) is 0 Å². The lowest BCUT2D eigenvalue weighted by atomic mass is 10.2. The van der Waals surface area contributed by atoms with Crippen molar-refractivity contribution in [2.45, 2.75) is 11.8 Å². The summed E-state index contributed by atoms with van der Waals surface area (Å²) in [5.74, 6) is 0.137. The molecule has 0 saturated heterocycles. The maximum atomic E-state index is 11.9. The Morgan fingerprint density at radius 1 is 1.17 bits per heavy atom. The quantitative estimate of drug-likeness (QED) is 0.840. The minimum absolute atomic E-state index is 0.159. The molecule has 122 valence electrons. The smallest absolute Gasteiger partial charge is 0.262 e. The van der Waals surface area contributed by atoms with E-state index in [1.165, 1.54) is 24.3 Å². The maximum Gasteiger partial charge on any atom is 0.262 e. The van der Waals surface area contributed by atoms with Gasteiger partial charge in [0, 0.05) is 16.4 Å². The molecule has 0 aliphatic carbocycles. The van der Waals surface area contributed by atoms with E-state index < -0.39 is 9.84 Å². The fraction of sp³-hybridized carbons (Fsp3) is 0.188. The van der Waals surface area contributed by atoms with Crippen molar-refractivity contribution >= 4 is 37.4 Å². The lowest BCUT2D eigenvalue weighted by Gasteiger charge is -2.09. The molecule has 5 nitrogen and oxygen atoms in total. The number of amides is 1. The number of anilines is 1. The van der Waals surface area contributed by atoms with E-state index in [0.717, 1.165) is 16.3 Å². The van der Waals surface area contributed by atoms with Gasteiger partial charge in [0.1, 0.15) is 5.75 Å². The van der Waals surface area contributed by atoms with Crippen LogP contribution in [0.1, 0.15) is 5.56 Å². The molecule has 0 heterocycles. The Balaban J connectivity index is 1.92. The number of nitrogens with one attached hydrogen (secondary N) is 1. The summed E-state index contributed by atoms with van der Waals surface area (Å²) in [6.07, 6.45) is 1.14. The van der Waals surface area contributed by atoms with Gasteiger partial charge in [-0.1, -0.05) is 15.9 Å². The first kappa shape index (κ1) is 17.5. The van der Waals surface area contributed by atoms with Gasteiger partial charge in [-0.15, -0.1) is 0 Å². The number of aryl methyl sites for hydroxylation is 1. The lowest BCUT2D eigenvalue weighted by Crippen LogP contribution is -2.20. The molecule has 0 unspecified atom stereocenters. The molecule has 2 aromatic carbocycles. The van der Waals surface area contributed by atoms with Crippen LogP contribution in [-0.2, 0) is 14.6 Å². The largest absolute Gasteiger partial charge is 0.484 e. The molecule has 0 spiro atoms. The van der Waals surface area contributed by atoms with Crippen molar-refractivity contribution in [2.75, 3.05) is 18.2 Å². The summed E-state index contributed by atoms with van der Waals surface area (Å²) >= 11 is 3.40. The summed E-state index contributed by atoms with van der Waals surface area (Å²) in [7, 11) is -3.24. The van der Waals surface area contributed by atoms with Crippen LogP contribution in [0.4, 0.5) is 5.69 Å². The Morgan fingerprint density at radius 2 is 1.83 bits per heavy atom. The number of benzene rings is 2. The molecule has 0 aliphatic rings. The summed E-state index contributed by atoms with van der Waals surface area (Å²) in [4.78, 5) is 12.1. The van der Waals surface area contributed by atoms with Gasteiger partial charge in [0.2, 0.25) is 0 Å². The van der Waals surface area contributed by atoms with Crippen molar-refractivity contribution in [2.24, 2.45) is 0 Å². The zero-order chi connectivity index (χ0) is 17.0. The molecule has 0 atom stereocenters. The van der Waals surface area contributed by atoms with Crippen molar-refractivity contribution in [3.63, 3.8) is 0 Å². The first-order valence-corrected chi connectivity index (χ1v) is 9.43. The maximum absolute atomic E-state index is 11.9. The number of rotatable bonds is 5. The fourth-order valence-electron chi connectivity index (χ4n) is 1.85. The number of carbonyl (C=O) groups is 1. The first-order valence-electron chi connectivity index (χ1n) is 6.74. The molecule has 0 bridgehead atoms. The van der Waals surface area contributed by atoms with Crippen molar-refractivity contribution in [1.29, 1.82) is 0 Å². The molecular formula is C16H16BrNO4S. The van der Waals surface area contributed by atoms with E-state index in [1.54, 1.807) is 6.07 Å². The van der Waals surface area contributed by atoms with Gasteiger partial charge in [0.15, 0.2) is 16.4 Å². The number of sulfone groups is 1. The fourth-order valence-corrected chi connectivity index (χ4v) is 2.73. The third kappa shape index (κ3) is 5.07. The predicted octanol–water partition coefficient (Wildman–Crippen LogP) is 3.18. The van der Waals surface area contributed by atoms with E-state index in [0.29, 0.717) is 11.4 Å².